The molecule has 0 saturated heterocycles. The minimum atomic E-state index is -0.523. The molecule has 0 aliphatic heterocycles. The maximum atomic E-state index is 12.0. The van der Waals surface area contributed by atoms with Crippen LogP contribution >= 0.6 is 11.3 Å². The van der Waals surface area contributed by atoms with Gasteiger partial charge in [0.2, 0.25) is 5.91 Å². The summed E-state index contributed by atoms with van der Waals surface area (Å²) >= 11 is 1.68. The molecule has 0 aliphatic rings. The first kappa shape index (κ1) is 13.2. The Morgan fingerprint density at radius 2 is 2.25 bits per heavy atom. The first-order valence-electron chi connectivity index (χ1n) is 5.54. The van der Waals surface area contributed by atoms with Crippen molar-refractivity contribution in [3.63, 3.8) is 0 Å². The molecule has 4 heteroatoms. The van der Waals surface area contributed by atoms with Gasteiger partial charge in [0, 0.05) is 4.88 Å². The Hall–Kier alpha value is -0.870. The van der Waals surface area contributed by atoms with Crippen LogP contribution in [0.5, 0.6) is 0 Å². The third-order valence-electron chi connectivity index (χ3n) is 2.79. The Balaban J connectivity index is 2.68. The molecule has 0 spiro atoms. The Kier molecular flexibility index (Phi) is 4.50. The summed E-state index contributed by atoms with van der Waals surface area (Å²) in [4.78, 5) is 13.2. The fourth-order valence-electron chi connectivity index (χ4n) is 1.32. The normalized spacial score (nSPS) is 13.5. The van der Waals surface area contributed by atoms with Crippen LogP contribution in [0.3, 0.4) is 0 Å². The van der Waals surface area contributed by atoms with E-state index in [1.807, 2.05) is 25.3 Å². The Labute approximate surface area is 101 Å². The molecule has 1 unspecified atom stereocenters. The Morgan fingerprint density at radius 3 is 2.69 bits per heavy atom. The van der Waals surface area contributed by atoms with Crippen molar-refractivity contribution >= 4 is 17.2 Å². The summed E-state index contributed by atoms with van der Waals surface area (Å²) in [6.45, 7) is 5.84. The molecule has 0 fully saturated rings. The van der Waals surface area contributed by atoms with Crippen LogP contribution in [0.1, 0.15) is 38.1 Å². The number of hydrogen-bond donors (Lipinski definition) is 2. The van der Waals surface area contributed by atoms with Crippen molar-refractivity contribution in [2.75, 3.05) is 7.05 Å². The molecule has 1 atom stereocenters. The van der Waals surface area contributed by atoms with Gasteiger partial charge >= 0.3 is 0 Å². The van der Waals surface area contributed by atoms with E-state index in [0.29, 0.717) is 0 Å². The average molecular weight is 240 g/mol. The van der Waals surface area contributed by atoms with Gasteiger partial charge in [-0.25, -0.2) is 0 Å². The molecule has 1 amide bonds. The first-order chi connectivity index (χ1) is 7.51. The number of nitrogens with one attached hydrogen (secondary N) is 2. The fourth-order valence-corrected chi connectivity index (χ4v) is 2.18. The highest BCUT2D eigenvalue weighted by Crippen LogP contribution is 2.22. The summed E-state index contributed by atoms with van der Waals surface area (Å²) < 4.78 is 0. The number of rotatable bonds is 5. The maximum absolute atomic E-state index is 12.0. The van der Waals surface area contributed by atoms with Gasteiger partial charge in [-0.3, -0.25) is 4.79 Å². The molecule has 90 valence electrons. The second-order valence-electron chi connectivity index (χ2n) is 4.32. The fraction of sp³-hybridized carbons (Fsp3) is 0.583. The van der Waals surface area contributed by atoms with E-state index in [2.05, 4.69) is 23.6 Å². The van der Waals surface area contributed by atoms with Gasteiger partial charge in [-0.1, -0.05) is 13.0 Å². The summed E-state index contributed by atoms with van der Waals surface area (Å²) in [6, 6.07) is 4.20. The molecule has 1 heterocycles. The molecule has 1 aromatic rings. The molecule has 0 radical (unpaired) electrons. The molecule has 0 aromatic carbocycles. The second kappa shape index (κ2) is 5.46. The van der Waals surface area contributed by atoms with Crippen LogP contribution in [0.4, 0.5) is 0 Å². The van der Waals surface area contributed by atoms with E-state index in [9.17, 15) is 4.79 Å². The van der Waals surface area contributed by atoms with Gasteiger partial charge in [0.15, 0.2) is 0 Å². The van der Waals surface area contributed by atoms with Crippen molar-refractivity contribution < 1.29 is 4.79 Å². The van der Waals surface area contributed by atoms with E-state index in [1.165, 1.54) is 4.88 Å². The third-order valence-corrected chi connectivity index (χ3v) is 3.78. The average Bonchev–Trinajstić information content (AvgIpc) is 2.78. The quantitative estimate of drug-likeness (QED) is 0.829. The lowest BCUT2D eigenvalue weighted by molar-refractivity contribution is -0.127. The van der Waals surface area contributed by atoms with Crippen molar-refractivity contribution in [1.82, 2.24) is 10.6 Å². The van der Waals surface area contributed by atoms with Gasteiger partial charge in [0.1, 0.15) is 0 Å². The number of carbonyl (C=O) groups excluding carboxylic acids is 1. The van der Waals surface area contributed by atoms with E-state index >= 15 is 0 Å². The van der Waals surface area contributed by atoms with E-state index in [4.69, 9.17) is 0 Å². The highest BCUT2D eigenvalue weighted by Gasteiger charge is 2.27. The van der Waals surface area contributed by atoms with Crippen LogP contribution in [0.15, 0.2) is 17.5 Å². The largest absolute Gasteiger partial charge is 0.347 e. The lowest BCUT2D eigenvalue weighted by Gasteiger charge is -2.26. The van der Waals surface area contributed by atoms with E-state index in [0.717, 1.165) is 6.42 Å². The molecular weight excluding hydrogens is 220 g/mol. The number of thiophene rings is 1. The SMILES string of the molecule is CCC(NC(=O)C(C)(C)NC)c1cccs1. The van der Waals surface area contributed by atoms with Crippen LogP contribution in [0.25, 0.3) is 0 Å². The molecular formula is C12H20N2OS. The van der Waals surface area contributed by atoms with Crippen LogP contribution in [0, 0.1) is 0 Å². The van der Waals surface area contributed by atoms with Crippen molar-refractivity contribution in [3.05, 3.63) is 22.4 Å². The highest BCUT2D eigenvalue weighted by molar-refractivity contribution is 7.10. The third kappa shape index (κ3) is 3.06. The monoisotopic (exact) mass is 240 g/mol. The molecule has 0 saturated carbocycles. The zero-order valence-electron chi connectivity index (χ0n) is 10.3. The summed E-state index contributed by atoms with van der Waals surface area (Å²) in [5.74, 6) is 0.0373. The number of carbonyl (C=O) groups is 1. The predicted octanol–water partition coefficient (Wildman–Crippen LogP) is 2.31. The van der Waals surface area contributed by atoms with Crippen LogP contribution in [0.2, 0.25) is 0 Å². The predicted molar refractivity (Wildman–Crippen MR) is 68.6 cm³/mol. The molecule has 0 bridgehead atoms. The van der Waals surface area contributed by atoms with Gasteiger partial charge in [0.25, 0.3) is 0 Å². The zero-order chi connectivity index (χ0) is 12.2. The molecule has 16 heavy (non-hydrogen) atoms. The summed E-state index contributed by atoms with van der Waals surface area (Å²) in [6.07, 6.45) is 0.909. The van der Waals surface area contributed by atoms with Gasteiger partial charge in [0.05, 0.1) is 11.6 Å². The number of hydrogen-bond acceptors (Lipinski definition) is 3. The smallest absolute Gasteiger partial charge is 0.240 e. The standard InChI is InChI=1S/C12H20N2OS/c1-5-9(10-7-6-8-16-10)14-11(15)12(2,3)13-4/h6-9,13H,5H2,1-4H3,(H,14,15). The van der Waals surface area contributed by atoms with Crippen molar-refractivity contribution in [3.8, 4) is 0 Å². The first-order valence-corrected chi connectivity index (χ1v) is 6.42. The van der Waals surface area contributed by atoms with E-state index in [-0.39, 0.29) is 11.9 Å². The number of amides is 1. The lowest BCUT2D eigenvalue weighted by Crippen LogP contribution is -2.51. The molecule has 1 aromatic heterocycles. The topological polar surface area (TPSA) is 41.1 Å². The van der Waals surface area contributed by atoms with Crippen molar-refractivity contribution in [1.29, 1.82) is 0 Å². The van der Waals surface area contributed by atoms with Crippen LogP contribution in [-0.2, 0) is 4.79 Å². The molecule has 1 rings (SSSR count). The summed E-state index contributed by atoms with van der Waals surface area (Å²) in [5, 5.41) is 8.11. The van der Waals surface area contributed by atoms with E-state index < -0.39 is 5.54 Å². The number of likely N-dealkylation sites (N-methyl/N-ethyl adjacent to an activating group) is 1. The van der Waals surface area contributed by atoms with E-state index in [1.54, 1.807) is 18.4 Å². The molecule has 3 nitrogen and oxygen atoms in total. The van der Waals surface area contributed by atoms with Crippen molar-refractivity contribution in [2.45, 2.75) is 38.8 Å². The Morgan fingerprint density at radius 1 is 1.56 bits per heavy atom. The lowest BCUT2D eigenvalue weighted by atomic mass is 10.0. The highest BCUT2D eigenvalue weighted by atomic mass is 32.1. The molecule has 0 aliphatic carbocycles. The second-order valence-corrected chi connectivity index (χ2v) is 5.30. The minimum Gasteiger partial charge on any atom is -0.347 e. The van der Waals surface area contributed by atoms with Crippen LogP contribution < -0.4 is 10.6 Å². The maximum Gasteiger partial charge on any atom is 0.240 e. The van der Waals surface area contributed by atoms with Gasteiger partial charge in [-0.15, -0.1) is 11.3 Å². The summed E-state index contributed by atoms with van der Waals surface area (Å²) in [7, 11) is 1.80. The Bertz CT molecular complexity index is 333. The summed E-state index contributed by atoms with van der Waals surface area (Å²) in [5.41, 5.74) is -0.523. The van der Waals surface area contributed by atoms with Gasteiger partial charge in [-0.2, -0.15) is 0 Å². The minimum absolute atomic E-state index is 0.0373. The van der Waals surface area contributed by atoms with Crippen LogP contribution in [-0.4, -0.2) is 18.5 Å². The van der Waals surface area contributed by atoms with Gasteiger partial charge in [-0.05, 0) is 38.8 Å². The van der Waals surface area contributed by atoms with Gasteiger partial charge < -0.3 is 10.6 Å². The molecule has 2 N–H and O–H groups in total. The zero-order valence-corrected chi connectivity index (χ0v) is 11.1. The van der Waals surface area contributed by atoms with Crippen molar-refractivity contribution in [2.24, 2.45) is 0 Å².